The number of aromatic nitrogens is 2. The number of benzene rings is 1. The minimum absolute atomic E-state index is 0.0792. The smallest absolute Gasteiger partial charge is 0.275 e. The van der Waals surface area contributed by atoms with Crippen LogP contribution >= 0.6 is 11.6 Å². The minimum atomic E-state index is -1.12. The Morgan fingerprint density at radius 1 is 1.14 bits per heavy atom. The first-order valence-electron chi connectivity index (χ1n) is 5.46. The lowest BCUT2D eigenvalue weighted by Crippen LogP contribution is -2.18. The van der Waals surface area contributed by atoms with E-state index in [4.69, 9.17) is 17.3 Å². The normalized spacial score (nSPS) is 10.2. The molecule has 0 aliphatic heterocycles. The maximum absolute atomic E-state index is 13.6. The van der Waals surface area contributed by atoms with E-state index >= 15 is 0 Å². The number of halogens is 3. The van der Waals surface area contributed by atoms with Gasteiger partial charge >= 0.3 is 0 Å². The van der Waals surface area contributed by atoms with Gasteiger partial charge in [0, 0.05) is 6.07 Å². The predicted octanol–water partition coefficient (Wildman–Crippen LogP) is 1.76. The van der Waals surface area contributed by atoms with E-state index in [-0.39, 0.29) is 10.8 Å². The van der Waals surface area contributed by atoms with Crippen molar-refractivity contribution in [2.75, 3.05) is 5.32 Å². The zero-order valence-corrected chi connectivity index (χ0v) is 11.0. The van der Waals surface area contributed by atoms with Crippen molar-refractivity contribution in [3.05, 3.63) is 52.6 Å². The number of carbonyl (C=O) groups excluding carboxylic acids is 2. The molecule has 1 aromatic heterocycles. The molecule has 6 nitrogen and oxygen atoms in total. The lowest BCUT2D eigenvalue weighted by molar-refractivity contribution is 0.0991. The van der Waals surface area contributed by atoms with Gasteiger partial charge in [-0.15, -0.1) is 0 Å². The molecule has 108 valence electrons. The molecule has 0 atom stereocenters. The molecule has 9 heteroatoms. The second kappa shape index (κ2) is 5.80. The zero-order valence-electron chi connectivity index (χ0n) is 10.2. The molecule has 0 spiro atoms. The monoisotopic (exact) mass is 312 g/mol. The van der Waals surface area contributed by atoms with Crippen LogP contribution in [-0.4, -0.2) is 21.8 Å². The molecule has 3 N–H and O–H groups in total. The van der Waals surface area contributed by atoms with Gasteiger partial charge in [0.2, 0.25) is 0 Å². The van der Waals surface area contributed by atoms with E-state index in [1.165, 1.54) is 0 Å². The Bertz CT molecular complexity index is 722. The van der Waals surface area contributed by atoms with Crippen LogP contribution in [0.5, 0.6) is 0 Å². The van der Waals surface area contributed by atoms with E-state index in [1.54, 1.807) is 0 Å². The van der Waals surface area contributed by atoms with Crippen LogP contribution < -0.4 is 11.1 Å². The van der Waals surface area contributed by atoms with Gasteiger partial charge in [-0.3, -0.25) is 9.59 Å². The highest BCUT2D eigenvalue weighted by molar-refractivity contribution is 6.29. The highest BCUT2D eigenvalue weighted by Crippen LogP contribution is 2.20. The van der Waals surface area contributed by atoms with Crippen LogP contribution in [0.2, 0.25) is 5.15 Å². The third-order valence-electron chi connectivity index (χ3n) is 2.42. The van der Waals surface area contributed by atoms with Crippen LogP contribution in [0.4, 0.5) is 14.5 Å². The van der Waals surface area contributed by atoms with Crippen LogP contribution in [0.3, 0.4) is 0 Å². The number of rotatable bonds is 3. The van der Waals surface area contributed by atoms with Crippen molar-refractivity contribution in [3.63, 3.8) is 0 Å². The van der Waals surface area contributed by atoms with Crippen molar-refractivity contribution in [2.45, 2.75) is 0 Å². The number of amides is 2. The second-order valence-corrected chi connectivity index (χ2v) is 4.24. The Balaban J connectivity index is 2.30. The highest BCUT2D eigenvalue weighted by Gasteiger charge is 2.16. The summed E-state index contributed by atoms with van der Waals surface area (Å²) in [5.74, 6) is -4.08. The van der Waals surface area contributed by atoms with E-state index < -0.39 is 34.7 Å². The number of hydrogen-bond donors (Lipinski definition) is 2. The molecule has 0 fully saturated rings. The molecular formula is C12H7ClF2N4O2. The van der Waals surface area contributed by atoms with Gasteiger partial charge in [0.15, 0.2) is 0 Å². The average Bonchev–Trinajstić information content (AvgIpc) is 2.42. The molecule has 21 heavy (non-hydrogen) atoms. The second-order valence-electron chi connectivity index (χ2n) is 3.85. The number of anilines is 1. The van der Waals surface area contributed by atoms with E-state index in [1.807, 2.05) is 0 Å². The average molecular weight is 313 g/mol. The van der Waals surface area contributed by atoms with Crippen molar-refractivity contribution >= 4 is 29.1 Å². The predicted molar refractivity (Wildman–Crippen MR) is 69.9 cm³/mol. The zero-order chi connectivity index (χ0) is 15.6. The summed E-state index contributed by atoms with van der Waals surface area (Å²) in [5.41, 5.74) is 3.85. The Morgan fingerprint density at radius 3 is 2.43 bits per heavy atom. The first-order chi connectivity index (χ1) is 9.88. The highest BCUT2D eigenvalue weighted by atomic mass is 35.5. The van der Waals surface area contributed by atoms with Crippen LogP contribution in [0.1, 0.15) is 20.8 Å². The van der Waals surface area contributed by atoms with Crippen LogP contribution in [0.15, 0.2) is 24.5 Å². The fourth-order valence-electron chi connectivity index (χ4n) is 1.45. The van der Waals surface area contributed by atoms with Gasteiger partial charge in [-0.2, -0.15) is 0 Å². The van der Waals surface area contributed by atoms with Gasteiger partial charge in [0.25, 0.3) is 11.8 Å². The van der Waals surface area contributed by atoms with Crippen LogP contribution in [0, 0.1) is 11.6 Å². The molecule has 0 aliphatic rings. The van der Waals surface area contributed by atoms with Crippen LogP contribution in [-0.2, 0) is 0 Å². The number of carbonyl (C=O) groups is 2. The molecule has 2 rings (SSSR count). The first-order valence-corrected chi connectivity index (χ1v) is 5.84. The van der Waals surface area contributed by atoms with Gasteiger partial charge in [0.05, 0.1) is 23.6 Å². The van der Waals surface area contributed by atoms with Gasteiger partial charge in [-0.25, -0.2) is 18.7 Å². The molecule has 0 saturated carbocycles. The summed E-state index contributed by atoms with van der Waals surface area (Å²) in [7, 11) is 0. The third-order valence-corrected chi connectivity index (χ3v) is 2.62. The molecular weight excluding hydrogens is 306 g/mol. The number of nitrogens with one attached hydrogen (secondary N) is 1. The summed E-state index contributed by atoms with van der Waals surface area (Å²) in [4.78, 5) is 30.1. The van der Waals surface area contributed by atoms with Crippen molar-refractivity contribution < 1.29 is 18.4 Å². The third kappa shape index (κ3) is 3.29. The molecule has 2 aromatic rings. The van der Waals surface area contributed by atoms with Gasteiger partial charge in [-0.1, -0.05) is 11.6 Å². The van der Waals surface area contributed by atoms with Crippen molar-refractivity contribution in [3.8, 4) is 0 Å². The summed E-state index contributed by atoms with van der Waals surface area (Å²) >= 11 is 5.52. The molecule has 0 bridgehead atoms. The maximum Gasteiger partial charge on any atom is 0.275 e. The van der Waals surface area contributed by atoms with E-state index in [9.17, 15) is 18.4 Å². The van der Waals surface area contributed by atoms with E-state index in [0.717, 1.165) is 18.5 Å². The summed E-state index contributed by atoms with van der Waals surface area (Å²) in [6.45, 7) is 0. The molecule has 0 unspecified atom stereocenters. The van der Waals surface area contributed by atoms with E-state index in [2.05, 4.69) is 15.3 Å². The molecule has 0 saturated heterocycles. The molecule has 2 amide bonds. The molecule has 1 heterocycles. The summed E-state index contributed by atoms with van der Waals surface area (Å²) in [6.07, 6.45) is 2.21. The maximum atomic E-state index is 13.6. The van der Waals surface area contributed by atoms with E-state index in [0.29, 0.717) is 6.07 Å². The summed E-state index contributed by atoms with van der Waals surface area (Å²) in [6, 6.07) is 1.25. The topological polar surface area (TPSA) is 98.0 Å². The Hall–Kier alpha value is -2.61. The molecule has 0 radical (unpaired) electrons. The standard InChI is InChI=1S/C12H7ClF2N4O2/c13-10-4-17-9(3-18-10)12(21)19-8-1-5(11(16)20)6(14)2-7(8)15/h1-4H,(H2,16,20)(H,19,21). The first kappa shape index (κ1) is 14.8. The SMILES string of the molecule is NC(=O)c1cc(NC(=O)c2cnc(Cl)cn2)c(F)cc1F. The van der Waals surface area contributed by atoms with Crippen LogP contribution in [0.25, 0.3) is 0 Å². The number of primary amides is 1. The van der Waals surface area contributed by atoms with Gasteiger partial charge in [-0.05, 0) is 6.07 Å². The van der Waals surface area contributed by atoms with Gasteiger partial charge in [0.1, 0.15) is 22.5 Å². The molecule has 1 aromatic carbocycles. The van der Waals surface area contributed by atoms with Crippen molar-refractivity contribution in [1.82, 2.24) is 9.97 Å². The largest absolute Gasteiger partial charge is 0.366 e. The summed E-state index contributed by atoms with van der Waals surface area (Å²) in [5, 5.41) is 2.21. The summed E-state index contributed by atoms with van der Waals surface area (Å²) < 4.78 is 26.9. The van der Waals surface area contributed by atoms with Gasteiger partial charge < -0.3 is 11.1 Å². The lowest BCUT2D eigenvalue weighted by atomic mass is 10.1. The fourth-order valence-corrected chi connectivity index (χ4v) is 1.55. The minimum Gasteiger partial charge on any atom is -0.366 e. The Labute approximate surface area is 122 Å². The quantitative estimate of drug-likeness (QED) is 0.902. The lowest BCUT2D eigenvalue weighted by Gasteiger charge is -2.08. The Kier molecular flexibility index (Phi) is 4.08. The van der Waals surface area contributed by atoms with Crippen molar-refractivity contribution in [1.29, 1.82) is 0 Å². The molecule has 0 aliphatic carbocycles. The fraction of sp³-hybridized carbons (Fsp3) is 0. The number of nitrogens with two attached hydrogens (primary N) is 1. The van der Waals surface area contributed by atoms with Crippen molar-refractivity contribution in [2.24, 2.45) is 5.73 Å². The number of hydrogen-bond acceptors (Lipinski definition) is 4. The number of nitrogens with zero attached hydrogens (tertiary/aromatic N) is 2. The Morgan fingerprint density at radius 2 is 1.86 bits per heavy atom.